The molecule has 1 rings (SSSR count). The van der Waals surface area contributed by atoms with E-state index in [2.05, 4.69) is 0 Å². The summed E-state index contributed by atoms with van der Waals surface area (Å²) in [4.78, 5) is 10.4. The molecular weight excluding hydrogens is 270 g/mol. The quantitative estimate of drug-likeness (QED) is 0.707. The zero-order valence-electron chi connectivity index (χ0n) is 8.50. The molecule has 0 aromatic heterocycles. The van der Waals surface area contributed by atoms with E-state index in [1.54, 1.807) is 6.07 Å². The lowest BCUT2D eigenvalue weighted by molar-refractivity contribution is -0.139. The van der Waals surface area contributed by atoms with Crippen LogP contribution in [-0.2, 0) is 14.8 Å². The van der Waals surface area contributed by atoms with Crippen LogP contribution in [0.2, 0.25) is 5.02 Å². The Hall–Kier alpha value is -1.15. The summed E-state index contributed by atoms with van der Waals surface area (Å²) in [6.45, 7) is -0.848. The van der Waals surface area contributed by atoms with Crippen LogP contribution in [0.25, 0.3) is 0 Å². The molecule has 0 saturated carbocycles. The number of aliphatic hydroxyl groups excluding tert-OH is 1. The molecule has 0 aliphatic heterocycles. The van der Waals surface area contributed by atoms with Crippen LogP contribution in [0.3, 0.4) is 0 Å². The maximum absolute atomic E-state index is 11.8. The highest BCUT2D eigenvalue weighted by Gasteiger charge is 2.25. The van der Waals surface area contributed by atoms with Gasteiger partial charge in [-0.3, -0.25) is 4.79 Å². The van der Waals surface area contributed by atoms with Gasteiger partial charge in [-0.25, -0.2) is 8.42 Å². The number of carboxylic acids is 1. The second kappa shape index (κ2) is 5.46. The topological polar surface area (TPSA) is 104 Å². The molecule has 1 aromatic carbocycles. The zero-order valence-corrected chi connectivity index (χ0v) is 10.1. The molecule has 1 aromatic rings. The largest absolute Gasteiger partial charge is 0.480 e. The molecule has 0 bridgehead atoms. The van der Waals surface area contributed by atoms with Gasteiger partial charge < -0.3 is 10.2 Å². The molecular formula is C9H10ClNO5S. The van der Waals surface area contributed by atoms with Crippen molar-refractivity contribution in [3.63, 3.8) is 0 Å². The van der Waals surface area contributed by atoms with Gasteiger partial charge in [-0.05, 0) is 12.1 Å². The minimum absolute atomic E-state index is 0.0259. The normalized spacial score (nSPS) is 13.3. The molecule has 0 saturated heterocycles. The second-order valence-electron chi connectivity index (χ2n) is 3.13. The fraction of sp³-hybridized carbons (Fsp3) is 0.222. The van der Waals surface area contributed by atoms with E-state index in [0.717, 1.165) is 0 Å². The number of aliphatic hydroxyl groups is 1. The fourth-order valence-electron chi connectivity index (χ4n) is 1.08. The summed E-state index contributed by atoms with van der Waals surface area (Å²) in [6.07, 6.45) is 0. The van der Waals surface area contributed by atoms with Crippen molar-refractivity contribution in [2.75, 3.05) is 6.61 Å². The summed E-state index contributed by atoms with van der Waals surface area (Å²) in [7, 11) is -4.07. The Balaban J connectivity index is 3.05. The Kier molecular flexibility index (Phi) is 4.47. The van der Waals surface area contributed by atoms with Crippen LogP contribution < -0.4 is 4.72 Å². The van der Waals surface area contributed by atoms with Crippen molar-refractivity contribution in [1.82, 2.24) is 4.72 Å². The van der Waals surface area contributed by atoms with Crippen molar-refractivity contribution in [2.45, 2.75) is 10.9 Å². The van der Waals surface area contributed by atoms with E-state index in [9.17, 15) is 13.2 Å². The van der Waals surface area contributed by atoms with Gasteiger partial charge in [0.2, 0.25) is 10.0 Å². The van der Waals surface area contributed by atoms with Crippen molar-refractivity contribution < 1.29 is 23.4 Å². The van der Waals surface area contributed by atoms with Crippen LogP contribution in [-0.4, -0.2) is 37.2 Å². The van der Waals surface area contributed by atoms with Gasteiger partial charge in [0.05, 0.1) is 11.6 Å². The van der Waals surface area contributed by atoms with Crippen LogP contribution in [0, 0.1) is 0 Å². The molecule has 8 heteroatoms. The molecule has 6 nitrogen and oxygen atoms in total. The molecule has 0 amide bonds. The molecule has 0 spiro atoms. The van der Waals surface area contributed by atoms with Gasteiger partial charge in [0.15, 0.2) is 0 Å². The third kappa shape index (κ3) is 3.40. The van der Waals surface area contributed by atoms with E-state index >= 15 is 0 Å². The highest BCUT2D eigenvalue weighted by Crippen LogP contribution is 2.20. The van der Waals surface area contributed by atoms with Crippen LogP contribution in [0.4, 0.5) is 0 Å². The molecule has 0 unspecified atom stereocenters. The van der Waals surface area contributed by atoms with E-state index in [4.69, 9.17) is 21.8 Å². The summed E-state index contributed by atoms with van der Waals surface area (Å²) < 4.78 is 25.4. The summed E-state index contributed by atoms with van der Waals surface area (Å²) in [6, 6.07) is 4.00. The monoisotopic (exact) mass is 279 g/mol. The predicted molar refractivity (Wildman–Crippen MR) is 60.3 cm³/mol. The number of hydrogen-bond acceptors (Lipinski definition) is 4. The van der Waals surface area contributed by atoms with E-state index in [0.29, 0.717) is 0 Å². The Morgan fingerprint density at radius 1 is 1.41 bits per heavy atom. The number of sulfonamides is 1. The number of rotatable bonds is 5. The standard InChI is InChI=1S/C9H10ClNO5S/c10-6-3-1-2-4-8(6)17(15,16)11-7(5-12)9(13)14/h1-4,7,11-12H,5H2,(H,13,14)/t7-/m0/s1. The van der Waals surface area contributed by atoms with Crippen molar-refractivity contribution in [2.24, 2.45) is 0 Å². The summed E-state index contributed by atoms with van der Waals surface area (Å²) in [5, 5.41) is 17.3. The number of halogens is 1. The van der Waals surface area contributed by atoms with Crippen LogP contribution in [0.1, 0.15) is 0 Å². The lowest BCUT2D eigenvalue weighted by Crippen LogP contribution is -2.43. The SMILES string of the molecule is O=C(O)[C@H](CO)NS(=O)(=O)c1ccccc1Cl. The minimum Gasteiger partial charge on any atom is -0.480 e. The Morgan fingerprint density at radius 3 is 2.47 bits per heavy atom. The lowest BCUT2D eigenvalue weighted by atomic mass is 10.3. The number of carbonyl (C=O) groups is 1. The van der Waals surface area contributed by atoms with Crippen molar-refractivity contribution in [1.29, 1.82) is 0 Å². The molecule has 1 atom stereocenters. The number of aliphatic carboxylic acids is 1. The average Bonchev–Trinajstić information content (AvgIpc) is 2.26. The fourth-order valence-corrected chi connectivity index (χ4v) is 2.78. The molecule has 3 N–H and O–H groups in total. The Morgan fingerprint density at radius 2 is 2.00 bits per heavy atom. The molecule has 94 valence electrons. The van der Waals surface area contributed by atoms with Gasteiger partial charge in [0.25, 0.3) is 0 Å². The smallest absolute Gasteiger partial charge is 0.324 e. The summed E-state index contributed by atoms with van der Waals surface area (Å²) in [5.41, 5.74) is 0. The van der Waals surface area contributed by atoms with Gasteiger partial charge in [0, 0.05) is 0 Å². The van der Waals surface area contributed by atoms with E-state index in [1.807, 2.05) is 4.72 Å². The van der Waals surface area contributed by atoms with E-state index in [1.165, 1.54) is 18.2 Å². The first-order valence-corrected chi connectivity index (χ1v) is 6.35. The molecule has 0 aliphatic carbocycles. The molecule has 0 heterocycles. The number of carboxylic acid groups (broad SMARTS) is 1. The average molecular weight is 280 g/mol. The Bertz CT molecular complexity index is 516. The predicted octanol–water partition coefficient (Wildman–Crippen LogP) is 0.0638. The maximum atomic E-state index is 11.8. The van der Waals surface area contributed by atoms with Gasteiger partial charge in [0.1, 0.15) is 10.9 Å². The molecule has 0 aliphatic rings. The highest BCUT2D eigenvalue weighted by atomic mass is 35.5. The summed E-state index contributed by atoms with van der Waals surface area (Å²) >= 11 is 5.69. The zero-order chi connectivity index (χ0) is 13.1. The van der Waals surface area contributed by atoms with Gasteiger partial charge in [-0.2, -0.15) is 4.72 Å². The Labute approximate surface area is 103 Å². The number of benzene rings is 1. The van der Waals surface area contributed by atoms with E-state index < -0.39 is 28.6 Å². The van der Waals surface area contributed by atoms with Crippen molar-refractivity contribution in [3.8, 4) is 0 Å². The van der Waals surface area contributed by atoms with Gasteiger partial charge >= 0.3 is 5.97 Å². The third-order valence-corrected chi connectivity index (χ3v) is 3.88. The number of nitrogens with one attached hydrogen (secondary N) is 1. The minimum atomic E-state index is -4.07. The molecule has 0 fully saturated rings. The molecule has 0 radical (unpaired) electrons. The van der Waals surface area contributed by atoms with Crippen molar-refractivity contribution in [3.05, 3.63) is 29.3 Å². The lowest BCUT2D eigenvalue weighted by Gasteiger charge is -2.12. The third-order valence-electron chi connectivity index (χ3n) is 1.90. The van der Waals surface area contributed by atoms with Crippen LogP contribution in [0.15, 0.2) is 29.2 Å². The van der Waals surface area contributed by atoms with E-state index in [-0.39, 0.29) is 9.92 Å². The number of hydrogen-bond donors (Lipinski definition) is 3. The maximum Gasteiger partial charge on any atom is 0.324 e. The van der Waals surface area contributed by atoms with Gasteiger partial charge in [-0.15, -0.1) is 0 Å². The summed E-state index contributed by atoms with van der Waals surface area (Å²) in [5.74, 6) is -1.47. The first-order chi connectivity index (χ1) is 7.88. The molecule has 17 heavy (non-hydrogen) atoms. The first kappa shape index (κ1) is 13.9. The van der Waals surface area contributed by atoms with Gasteiger partial charge in [-0.1, -0.05) is 23.7 Å². The highest BCUT2D eigenvalue weighted by molar-refractivity contribution is 7.89. The first-order valence-electron chi connectivity index (χ1n) is 4.49. The van der Waals surface area contributed by atoms with Crippen molar-refractivity contribution >= 4 is 27.6 Å². The second-order valence-corrected chi connectivity index (χ2v) is 5.21. The van der Waals surface area contributed by atoms with Crippen LogP contribution >= 0.6 is 11.6 Å². The van der Waals surface area contributed by atoms with Crippen LogP contribution in [0.5, 0.6) is 0 Å².